The topological polar surface area (TPSA) is 42.0 Å². The lowest BCUT2D eigenvalue weighted by Gasteiger charge is -2.05. The van der Waals surface area contributed by atoms with Crippen LogP contribution in [0.3, 0.4) is 0 Å². The first kappa shape index (κ1) is 12.4. The number of carbonyl (C=O) groups excluding carboxylic acids is 1. The minimum absolute atomic E-state index is 0.0725. The van der Waals surface area contributed by atoms with E-state index in [4.69, 9.17) is 0 Å². The predicted octanol–water partition coefficient (Wildman–Crippen LogP) is 3.26. The molecule has 1 amide bonds. The van der Waals surface area contributed by atoms with Crippen molar-refractivity contribution in [2.75, 3.05) is 7.05 Å². The molecule has 3 aromatic rings. The van der Waals surface area contributed by atoms with Gasteiger partial charge in [0.05, 0.1) is 5.52 Å². The zero-order valence-electron chi connectivity index (χ0n) is 11.1. The Morgan fingerprint density at radius 3 is 2.50 bits per heavy atom. The summed E-state index contributed by atoms with van der Waals surface area (Å²) in [6, 6.07) is 17.7. The standard InChI is InChI=1S/C17H14N2O/c1-18-17(20)14-7-4-12(5-8-14)15-9-6-13-3-2-10-19-16(13)11-15/h2-11H,1H3,(H,18,20). The summed E-state index contributed by atoms with van der Waals surface area (Å²) >= 11 is 0. The zero-order valence-corrected chi connectivity index (χ0v) is 11.1. The van der Waals surface area contributed by atoms with E-state index in [1.54, 1.807) is 13.2 Å². The third-order valence-corrected chi connectivity index (χ3v) is 3.31. The van der Waals surface area contributed by atoms with E-state index in [9.17, 15) is 4.79 Å². The van der Waals surface area contributed by atoms with Crippen LogP contribution >= 0.6 is 0 Å². The molecule has 0 aliphatic carbocycles. The SMILES string of the molecule is CNC(=O)c1ccc(-c2ccc3cccnc3c2)cc1. The second-order valence-electron chi connectivity index (χ2n) is 4.57. The molecule has 3 rings (SSSR count). The van der Waals surface area contributed by atoms with E-state index in [2.05, 4.69) is 28.5 Å². The molecule has 0 spiro atoms. The van der Waals surface area contributed by atoms with Crippen LogP contribution in [0.5, 0.6) is 0 Å². The van der Waals surface area contributed by atoms with Gasteiger partial charge in [-0.15, -0.1) is 0 Å². The first-order valence-corrected chi connectivity index (χ1v) is 6.45. The van der Waals surface area contributed by atoms with Gasteiger partial charge in [0, 0.05) is 24.2 Å². The minimum Gasteiger partial charge on any atom is -0.355 e. The van der Waals surface area contributed by atoms with Crippen LogP contribution in [0.2, 0.25) is 0 Å². The van der Waals surface area contributed by atoms with Crippen molar-refractivity contribution in [1.29, 1.82) is 0 Å². The summed E-state index contributed by atoms with van der Waals surface area (Å²) in [7, 11) is 1.63. The lowest BCUT2D eigenvalue weighted by molar-refractivity contribution is 0.0963. The summed E-state index contributed by atoms with van der Waals surface area (Å²) in [5, 5.41) is 3.74. The summed E-state index contributed by atoms with van der Waals surface area (Å²) in [5.74, 6) is -0.0725. The number of aromatic nitrogens is 1. The summed E-state index contributed by atoms with van der Waals surface area (Å²) in [4.78, 5) is 15.9. The van der Waals surface area contributed by atoms with Crippen molar-refractivity contribution in [1.82, 2.24) is 10.3 Å². The largest absolute Gasteiger partial charge is 0.355 e. The third kappa shape index (κ3) is 2.26. The quantitative estimate of drug-likeness (QED) is 0.770. The monoisotopic (exact) mass is 262 g/mol. The highest BCUT2D eigenvalue weighted by Crippen LogP contribution is 2.23. The Hall–Kier alpha value is -2.68. The van der Waals surface area contributed by atoms with E-state index >= 15 is 0 Å². The number of hydrogen-bond donors (Lipinski definition) is 1. The molecular weight excluding hydrogens is 248 g/mol. The lowest BCUT2D eigenvalue weighted by Crippen LogP contribution is -2.17. The molecule has 3 heteroatoms. The van der Waals surface area contributed by atoms with Crippen LogP contribution in [-0.4, -0.2) is 17.9 Å². The van der Waals surface area contributed by atoms with Gasteiger partial charge < -0.3 is 5.32 Å². The van der Waals surface area contributed by atoms with Crippen molar-refractivity contribution in [2.45, 2.75) is 0 Å². The van der Waals surface area contributed by atoms with E-state index in [1.165, 1.54) is 0 Å². The average Bonchev–Trinajstić information content (AvgIpc) is 2.54. The van der Waals surface area contributed by atoms with Crippen molar-refractivity contribution in [2.24, 2.45) is 0 Å². The molecule has 0 aliphatic heterocycles. The number of benzene rings is 2. The van der Waals surface area contributed by atoms with Gasteiger partial charge in [-0.1, -0.05) is 30.3 Å². The number of pyridine rings is 1. The molecule has 1 heterocycles. The number of amides is 1. The molecule has 0 saturated heterocycles. The molecule has 0 fully saturated rings. The van der Waals surface area contributed by atoms with Crippen molar-refractivity contribution in [3.05, 3.63) is 66.4 Å². The van der Waals surface area contributed by atoms with Crippen LogP contribution in [-0.2, 0) is 0 Å². The summed E-state index contributed by atoms with van der Waals surface area (Å²) < 4.78 is 0. The number of fused-ring (bicyclic) bond motifs is 1. The van der Waals surface area contributed by atoms with Crippen molar-refractivity contribution in [3.63, 3.8) is 0 Å². The Morgan fingerprint density at radius 1 is 1.00 bits per heavy atom. The fraction of sp³-hybridized carbons (Fsp3) is 0.0588. The van der Waals surface area contributed by atoms with Gasteiger partial charge in [0.25, 0.3) is 5.91 Å². The van der Waals surface area contributed by atoms with Gasteiger partial charge in [0.15, 0.2) is 0 Å². The maximum Gasteiger partial charge on any atom is 0.251 e. The maximum atomic E-state index is 11.5. The Morgan fingerprint density at radius 2 is 1.75 bits per heavy atom. The van der Waals surface area contributed by atoms with Crippen molar-refractivity contribution >= 4 is 16.8 Å². The Labute approximate surface area is 117 Å². The first-order valence-electron chi connectivity index (χ1n) is 6.45. The lowest BCUT2D eigenvalue weighted by atomic mass is 10.0. The first-order chi connectivity index (χ1) is 9.78. The smallest absolute Gasteiger partial charge is 0.251 e. The Kier molecular flexibility index (Phi) is 3.17. The zero-order chi connectivity index (χ0) is 13.9. The molecule has 1 N–H and O–H groups in total. The number of hydrogen-bond acceptors (Lipinski definition) is 2. The van der Waals surface area contributed by atoms with Gasteiger partial charge in [-0.05, 0) is 35.4 Å². The highest BCUT2D eigenvalue weighted by Gasteiger charge is 2.04. The predicted molar refractivity (Wildman–Crippen MR) is 80.6 cm³/mol. The van der Waals surface area contributed by atoms with E-state index in [-0.39, 0.29) is 5.91 Å². The molecule has 3 nitrogen and oxygen atoms in total. The van der Waals surface area contributed by atoms with Gasteiger partial charge in [0.1, 0.15) is 0 Å². The molecule has 0 radical (unpaired) electrons. The third-order valence-electron chi connectivity index (χ3n) is 3.31. The second-order valence-corrected chi connectivity index (χ2v) is 4.57. The summed E-state index contributed by atoms with van der Waals surface area (Å²) in [5.41, 5.74) is 3.81. The number of carbonyl (C=O) groups is 1. The number of nitrogens with zero attached hydrogens (tertiary/aromatic N) is 1. The summed E-state index contributed by atoms with van der Waals surface area (Å²) in [6.45, 7) is 0. The molecular formula is C17H14N2O. The van der Waals surface area contributed by atoms with E-state index in [0.29, 0.717) is 5.56 Å². The molecule has 0 atom stereocenters. The Bertz CT molecular complexity index is 763. The maximum absolute atomic E-state index is 11.5. The second kappa shape index (κ2) is 5.13. The van der Waals surface area contributed by atoms with Gasteiger partial charge in [0.2, 0.25) is 0 Å². The van der Waals surface area contributed by atoms with Gasteiger partial charge in [-0.2, -0.15) is 0 Å². The van der Waals surface area contributed by atoms with Crippen LogP contribution < -0.4 is 5.32 Å². The molecule has 0 bridgehead atoms. The van der Waals surface area contributed by atoms with Crippen molar-refractivity contribution in [3.8, 4) is 11.1 Å². The molecule has 0 saturated carbocycles. The fourth-order valence-electron chi connectivity index (χ4n) is 2.20. The van der Waals surface area contributed by atoms with Crippen molar-refractivity contribution < 1.29 is 4.79 Å². The minimum atomic E-state index is -0.0725. The van der Waals surface area contributed by atoms with Crippen LogP contribution in [0.4, 0.5) is 0 Å². The van der Waals surface area contributed by atoms with Gasteiger partial charge in [-0.3, -0.25) is 9.78 Å². The van der Waals surface area contributed by atoms with Crippen LogP contribution in [0.1, 0.15) is 10.4 Å². The molecule has 2 aromatic carbocycles. The van der Waals surface area contributed by atoms with Crippen LogP contribution in [0.25, 0.3) is 22.0 Å². The number of nitrogens with one attached hydrogen (secondary N) is 1. The average molecular weight is 262 g/mol. The van der Waals surface area contributed by atoms with E-state index < -0.39 is 0 Å². The van der Waals surface area contributed by atoms with E-state index in [0.717, 1.165) is 22.0 Å². The van der Waals surface area contributed by atoms with E-state index in [1.807, 2.05) is 36.4 Å². The molecule has 1 aromatic heterocycles. The highest BCUT2D eigenvalue weighted by molar-refractivity contribution is 5.94. The molecule has 20 heavy (non-hydrogen) atoms. The Balaban J connectivity index is 2.00. The van der Waals surface area contributed by atoms with Crippen LogP contribution in [0.15, 0.2) is 60.8 Å². The molecule has 0 aliphatic rings. The normalized spacial score (nSPS) is 10.4. The van der Waals surface area contributed by atoms with Crippen LogP contribution in [0, 0.1) is 0 Å². The molecule has 98 valence electrons. The fourth-order valence-corrected chi connectivity index (χ4v) is 2.20. The van der Waals surface area contributed by atoms with Gasteiger partial charge in [-0.25, -0.2) is 0 Å². The highest BCUT2D eigenvalue weighted by atomic mass is 16.1. The number of rotatable bonds is 2. The molecule has 0 unspecified atom stereocenters. The van der Waals surface area contributed by atoms with Gasteiger partial charge >= 0.3 is 0 Å². The summed E-state index contributed by atoms with van der Waals surface area (Å²) in [6.07, 6.45) is 1.79.